The molecule has 1 aromatic carbocycles. The van der Waals surface area contributed by atoms with Gasteiger partial charge in [-0.2, -0.15) is 0 Å². The fourth-order valence-electron chi connectivity index (χ4n) is 2.84. The summed E-state index contributed by atoms with van der Waals surface area (Å²) in [6.07, 6.45) is 0.840. The average molecular weight is 320 g/mol. The van der Waals surface area contributed by atoms with Crippen LogP contribution < -0.4 is 4.74 Å². The van der Waals surface area contributed by atoms with Crippen molar-refractivity contribution in [1.29, 1.82) is 0 Å². The molecule has 0 saturated heterocycles. The Morgan fingerprint density at radius 2 is 2.04 bits per heavy atom. The molecule has 124 valence electrons. The van der Waals surface area contributed by atoms with Gasteiger partial charge in [0.2, 0.25) is 0 Å². The standard InChI is InChI=1S/C16H20N2O5/c1-5-9-17-10(3)13(16(19)23-6-2)14-11(17)7-8-12(22-4)15(14)18(20)21/h7-8H,5-6,9H2,1-4H3. The topological polar surface area (TPSA) is 83.6 Å². The van der Waals surface area contributed by atoms with Gasteiger partial charge in [0.1, 0.15) is 0 Å². The smallest absolute Gasteiger partial charge is 0.340 e. The van der Waals surface area contributed by atoms with Crippen LogP contribution in [-0.4, -0.2) is 29.2 Å². The summed E-state index contributed by atoms with van der Waals surface area (Å²) >= 11 is 0. The van der Waals surface area contributed by atoms with Gasteiger partial charge in [-0.25, -0.2) is 4.79 Å². The first-order chi connectivity index (χ1) is 11.0. The van der Waals surface area contributed by atoms with Crippen molar-refractivity contribution in [1.82, 2.24) is 4.57 Å². The van der Waals surface area contributed by atoms with E-state index in [4.69, 9.17) is 9.47 Å². The second kappa shape index (κ2) is 6.68. The Hall–Kier alpha value is -2.57. The van der Waals surface area contributed by atoms with Crippen LogP contribution in [0.15, 0.2) is 12.1 Å². The van der Waals surface area contributed by atoms with Crippen molar-refractivity contribution in [3.8, 4) is 5.75 Å². The number of nitro benzene ring substituents is 1. The van der Waals surface area contributed by atoms with Crippen molar-refractivity contribution < 1.29 is 19.2 Å². The summed E-state index contributed by atoms with van der Waals surface area (Å²) in [5.41, 5.74) is 1.34. The molecule has 0 spiro atoms. The molecule has 1 aromatic heterocycles. The fourth-order valence-corrected chi connectivity index (χ4v) is 2.84. The number of hydrogen-bond donors (Lipinski definition) is 0. The molecule has 7 heteroatoms. The largest absolute Gasteiger partial charge is 0.490 e. The van der Waals surface area contributed by atoms with Crippen LogP contribution in [-0.2, 0) is 11.3 Å². The van der Waals surface area contributed by atoms with E-state index in [0.29, 0.717) is 17.8 Å². The highest BCUT2D eigenvalue weighted by Gasteiger charge is 2.30. The van der Waals surface area contributed by atoms with Crippen molar-refractivity contribution in [3.05, 3.63) is 33.5 Å². The molecule has 7 nitrogen and oxygen atoms in total. The van der Waals surface area contributed by atoms with Gasteiger partial charge >= 0.3 is 11.7 Å². The number of ether oxygens (including phenoxy) is 2. The van der Waals surface area contributed by atoms with Crippen LogP contribution in [0, 0.1) is 17.0 Å². The van der Waals surface area contributed by atoms with Gasteiger partial charge in [-0.1, -0.05) is 6.92 Å². The molecule has 0 N–H and O–H groups in total. The van der Waals surface area contributed by atoms with Crippen LogP contribution >= 0.6 is 0 Å². The van der Waals surface area contributed by atoms with Gasteiger partial charge in [-0.3, -0.25) is 10.1 Å². The maximum Gasteiger partial charge on any atom is 0.340 e. The van der Waals surface area contributed by atoms with Gasteiger partial charge < -0.3 is 14.0 Å². The zero-order valence-corrected chi connectivity index (χ0v) is 13.7. The van der Waals surface area contributed by atoms with E-state index in [2.05, 4.69) is 0 Å². The Bertz CT molecular complexity index is 764. The lowest BCUT2D eigenvalue weighted by Gasteiger charge is -2.07. The number of nitrogens with zero attached hydrogens (tertiary/aromatic N) is 2. The lowest BCUT2D eigenvalue weighted by Crippen LogP contribution is -2.08. The number of benzene rings is 1. The highest BCUT2D eigenvalue weighted by molar-refractivity contribution is 6.10. The van der Waals surface area contributed by atoms with E-state index in [1.54, 1.807) is 26.0 Å². The molecule has 23 heavy (non-hydrogen) atoms. The lowest BCUT2D eigenvalue weighted by molar-refractivity contribution is -0.384. The van der Waals surface area contributed by atoms with Gasteiger partial charge in [0.25, 0.3) is 0 Å². The average Bonchev–Trinajstić information content (AvgIpc) is 2.79. The molecular formula is C16H20N2O5. The van der Waals surface area contributed by atoms with Crippen LogP contribution in [0.25, 0.3) is 10.9 Å². The predicted molar refractivity (Wildman–Crippen MR) is 86.1 cm³/mol. The van der Waals surface area contributed by atoms with E-state index in [0.717, 1.165) is 6.42 Å². The second-order valence-corrected chi connectivity index (χ2v) is 5.10. The number of aromatic nitrogens is 1. The Balaban J connectivity index is 2.93. The SMILES string of the molecule is CCCn1c(C)c(C(=O)OCC)c2c([N+](=O)[O-])c(OC)ccc21. The van der Waals surface area contributed by atoms with Crippen LogP contribution in [0.2, 0.25) is 0 Å². The lowest BCUT2D eigenvalue weighted by atomic mass is 10.1. The number of fused-ring (bicyclic) bond motifs is 1. The highest BCUT2D eigenvalue weighted by Crippen LogP contribution is 2.40. The molecule has 2 rings (SSSR count). The summed E-state index contributed by atoms with van der Waals surface area (Å²) in [5, 5.41) is 11.8. The molecule has 0 bridgehead atoms. The molecule has 0 aliphatic rings. The van der Waals surface area contributed by atoms with Crippen molar-refractivity contribution in [2.45, 2.75) is 33.7 Å². The van der Waals surface area contributed by atoms with E-state index in [-0.39, 0.29) is 29.0 Å². The Kier molecular flexibility index (Phi) is 4.88. The third-order valence-corrected chi connectivity index (χ3v) is 3.76. The molecule has 0 amide bonds. The summed E-state index contributed by atoms with van der Waals surface area (Å²) in [4.78, 5) is 23.4. The molecule has 0 radical (unpaired) electrons. The number of methoxy groups -OCH3 is 1. The Labute approximate surface area is 133 Å². The molecule has 1 heterocycles. The summed E-state index contributed by atoms with van der Waals surface area (Å²) in [6, 6.07) is 3.30. The maximum atomic E-state index is 12.4. The second-order valence-electron chi connectivity index (χ2n) is 5.10. The molecule has 0 saturated carbocycles. The van der Waals surface area contributed by atoms with Gasteiger partial charge in [0.15, 0.2) is 5.75 Å². The summed E-state index contributed by atoms with van der Waals surface area (Å²) in [5.74, 6) is -0.428. The molecule has 0 fully saturated rings. The normalized spacial score (nSPS) is 10.8. The van der Waals surface area contributed by atoms with E-state index < -0.39 is 10.9 Å². The predicted octanol–water partition coefficient (Wildman–Crippen LogP) is 3.45. The maximum absolute atomic E-state index is 12.4. The van der Waals surface area contributed by atoms with Gasteiger partial charge in [0, 0.05) is 12.2 Å². The van der Waals surface area contributed by atoms with Crippen LogP contribution in [0.1, 0.15) is 36.3 Å². The van der Waals surface area contributed by atoms with Crippen LogP contribution in [0.5, 0.6) is 5.75 Å². The van der Waals surface area contributed by atoms with E-state index in [1.807, 2.05) is 11.5 Å². The fraction of sp³-hybridized carbons (Fsp3) is 0.438. The monoisotopic (exact) mass is 320 g/mol. The number of carbonyl (C=O) groups excluding carboxylic acids is 1. The third-order valence-electron chi connectivity index (χ3n) is 3.76. The third kappa shape index (κ3) is 2.74. The van der Waals surface area contributed by atoms with Gasteiger partial charge in [-0.05, 0) is 32.4 Å². The van der Waals surface area contributed by atoms with Gasteiger partial charge in [0.05, 0.1) is 35.1 Å². The molecule has 2 aromatic rings. The van der Waals surface area contributed by atoms with Crippen molar-refractivity contribution in [3.63, 3.8) is 0 Å². The number of carbonyl (C=O) groups is 1. The molecule has 0 unspecified atom stereocenters. The van der Waals surface area contributed by atoms with Crippen molar-refractivity contribution in [2.24, 2.45) is 0 Å². The summed E-state index contributed by atoms with van der Waals surface area (Å²) < 4.78 is 12.1. The minimum absolute atomic E-state index is 0.127. The zero-order valence-electron chi connectivity index (χ0n) is 13.7. The zero-order chi connectivity index (χ0) is 17.1. The summed E-state index contributed by atoms with van der Waals surface area (Å²) in [7, 11) is 1.37. The minimum Gasteiger partial charge on any atom is -0.490 e. The number of nitro groups is 1. The van der Waals surface area contributed by atoms with Crippen molar-refractivity contribution >= 4 is 22.6 Å². The quantitative estimate of drug-likeness (QED) is 0.462. The number of aryl methyl sites for hydroxylation is 1. The molecule has 0 aliphatic carbocycles. The molecule has 0 aliphatic heterocycles. The Morgan fingerprint density at radius 1 is 1.35 bits per heavy atom. The number of hydrogen-bond acceptors (Lipinski definition) is 5. The van der Waals surface area contributed by atoms with E-state index in [1.165, 1.54) is 7.11 Å². The minimum atomic E-state index is -0.554. The number of rotatable bonds is 6. The first-order valence-electron chi connectivity index (χ1n) is 7.49. The number of esters is 1. The summed E-state index contributed by atoms with van der Waals surface area (Å²) in [6.45, 7) is 6.35. The molecule has 0 atom stereocenters. The molecular weight excluding hydrogens is 300 g/mol. The van der Waals surface area contributed by atoms with E-state index in [9.17, 15) is 14.9 Å². The van der Waals surface area contributed by atoms with Crippen LogP contribution in [0.4, 0.5) is 5.69 Å². The van der Waals surface area contributed by atoms with Crippen LogP contribution in [0.3, 0.4) is 0 Å². The van der Waals surface area contributed by atoms with Gasteiger partial charge in [-0.15, -0.1) is 0 Å². The van der Waals surface area contributed by atoms with Crippen molar-refractivity contribution in [2.75, 3.05) is 13.7 Å². The van der Waals surface area contributed by atoms with E-state index >= 15 is 0 Å². The first kappa shape index (κ1) is 16.8. The Morgan fingerprint density at radius 3 is 2.57 bits per heavy atom. The highest BCUT2D eigenvalue weighted by atomic mass is 16.6. The first-order valence-corrected chi connectivity index (χ1v) is 7.49.